The van der Waals surface area contributed by atoms with Gasteiger partial charge in [-0.15, -0.1) is 6.58 Å². The molecule has 0 bridgehead atoms. The van der Waals surface area contributed by atoms with Gasteiger partial charge in [-0.3, -0.25) is 9.59 Å². The lowest BCUT2D eigenvalue weighted by molar-refractivity contribution is -0.138. The number of nitrogens with zero attached hydrogens (tertiary/aromatic N) is 1. The predicted octanol–water partition coefficient (Wildman–Crippen LogP) is 5.34. The van der Waals surface area contributed by atoms with Gasteiger partial charge in [0, 0.05) is 45.2 Å². The summed E-state index contributed by atoms with van der Waals surface area (Å²) in [4.78, 5) is 22.4. The Morgan fingerprint density at radius 1 is 1.05 bits per heavy atom. The highest BCUT2D eigenvalue weighted by atomic mass is 16.5. The minimum atomic E-state index is -1.37. The summed E-state index contributed by atoms with van der Waals surface area (Å²) >= 11 is 0. The van der Waals surface area contributed by atoms with Crippen molar-refractivity contribution in [1.29, 1.82) is 0 Å². The molecule has 0 radical (unpaired) electrons. The van der Waals surface area contributed by atoms with E-state index in [1.54, 1.807) is 6.20 Å². The maximum absolute atomic E-state index is 11.3. The summed E-state index contributed by atoms with van der Waals surface area (Å²) < 4.78 is 1.98. The molecule has 0 fully saturated rings. The molecule has 1 rings (SSSR count). The van der Waals surface area contributed by atoms with E-state index < -0.39 is 18.1 Å². The average molecular weight is 564 g/mol. The van der Waals surface area contributed by atoms with Crippen LogP contribution in [0.5, 0.6) is 0 Å². The van der Waals surface area contributed by atoms with E-state index in [9.17, 15) is 9.59 Å². The number of amides is 2. The average Bonchev–Trinajstić information content (AvgIpc) is 3.31. The van der Waals surface area contributed by atoms with E-state index in [1.807, 2.05) is 23.8 Å². The molecular formula is C32H57N3O5. The number of carbonyl (C=O) groups excluding carboxylic acids is 2. The Morgan fingerprint density at radius 3 is 2.25 bits per heavy atom. The smallest absolute Gasteiger partial charge is 0.309 e. The van der Waals surface area contributed by atoms with Crippen LogP contribution in [0.25, 0.3) is 0 Å². The van der Waals surface area contributed by atoms with Gasteiger partial charge >= 0.3 is 11.8 Å². The van der Waals surface area contributed by atoms with E-state index in [4.69, 9.17) is 15.3 Å². The number of likely N-dealkylation sites (N-methyl/N-ethyl adjacent to an activating group) is 1. The molecule has 2 amide bonds. The lowest BCUT2D eigenvalue weighted by Crippen LogP contribution is -2.38. The summed E-state index contributed by atoms with van der Waals surface area (Å²) in [6.45, 7) is 15.8. The van der Waals surface area contributed by atoms with E-state index in [2.05, 4.69) is 63.1 Å². The molecule has 0 spiro atoms. The number of rotatable bonds is 16. The summed E-state index contributed by atoms with van der Waals surface area (Å²) in [6, 6.07) is 0. The van der Waals surface area contributed by atoms with Crippen molar-refractivity contribution in [2.24, 2.45) is 11.8 Å². The van der Waals surface area contributed by atoms with Gasteiger partial charge in [-0.2, -0.15) is 0 Å². The molecule has 0 saturated carbocycles. The van der Waals surface area contributed by atoms with Crippen molar-refractivity contribution in [3.05, 3.63) is 60.0 Å². The van der Waals surface area contributed by atoms with Crippen LogP contribution < -0.4 is 10.6 Å². The highest BCUT2D eigenvalue weighted by molar-refractivity contribution is 6.34. The monoisotopic (exact) mass is 563 g/mol. The molecule has 8 nitrogen and oxygen atoms in total. The minimum Gasteiger partial charge on any atom is -0.400 e. The number of carbonyl (C=O) groups is 2. The number of nitrogens with one attached hydrogen (secondary N) is 2. The quantitative estimate of drug-likeness (QED) is 0.0804. The van der Waals surface area contributed by atoms with E-state index in [-0.39, 0.29) is 0 Å². The Hall–Kier alpha value is -2.68. The Bertz CT molecular complexity index is 872. The summed E-state index contributed by atoms with van der Waals surface area (Å²) in [5.74, 6) is -0.201. The van der Waals surface area contributed by atoms with E-state index in [0.29, 0.717) is 23.9 Å². The third kappa shape index (κ3) is 19.4. The number of hydrogen-bond donors (Lipinski definition) is 5. The zero-order valence-electron chi connectivity index (χ0n) is 26.1. The van der Waals surface area contributed by atoms with Gasteiger partial charge in [0.05, 0.1) is 0 Å². The first kappa shape index (κ1) is 39.5. The van der Waals surface area contributed by atoms with Gasteiger partial charge in [0.25, 0.3) is 0 Å². The normalized spacial score (nSPS) is 11.9. The van der Waals surface area contributed by atoms with Crippen molar-refractivity contribution in [1.82, 2.24) is 15.2 Å². The number of aryl methyl sites for hydroxylation is 2. The van der Waals surface area contributed by atoms with Crippen LogP contribution in [-0.2, 0) is 16.1 Å². The Kier molecular flexibility index (Phi) is 25.0. The Balaban J connectivity index is 0. The van der Waals surface area contributed by atoms with Gasteiger partial charge < -0.3 is 30.5 Å². The first-order chi connectivity index (χ1) is 19.1. The number of hydrogen-bond acceptors (Lipinski definition) is 5. The fraction of sp³-hybridized carbons (Fsp3) is 0.625. The maximum atomic E-state index is 11.3. The third-order valence-electron chi connectivity index (χ3n) is 6.28. The van der Waals surface area contributed by atoms with Gasteiger partial charge in [0.2, 0.25) is 0 Å². The largest absolute Gasteiger partial charge is 0.400 e. The second kappa shape index (κ2) is 25.3. The van der Waals surface area contributed by atoms with Gasteiger partial charge in [-0.25, -0.2) is 0 Å². The third-order valence-corrected chi connectivity index (χ3v) is 6.28. The van der Waals surface area contributed by atoms with Crippen LogP contribution in [-0.4, -0.2) is 52.4 Å². The van der Waals surface area contributed by atoms with Crippen LogP contribution >= 0.6 is 0 Å². The Labute approximate surface area is 243 Å². The first-order valence-electron chi connectivity index (χ1n) is 14.5. The molecule has 230 valence electrons. The molecule has 5 N–H and O–H groups in total. The first-order valence-corrected chi connectivity index (χ1v) is 14.5. The van der Waals surface area contributed by atoms with Gasteiger partial charge in [0.15, 0.2) is 6.29 Å². The molecule has 0 aliphatic rings. The number of aliphatic hydroxyl groups is 3. The standard InChI is InChI=1S/C20H36N2O2.C11H17NO2.CH4O/c1-6-7-8-9-12-17(4)15-18(16(2)3)13-10-11-14-22-20(24)19(23)21-5;1-3-4-5-6-12-7-9(2)10(8-12)11(13)14;1-2/h10,13,15-16,18H,6-9,11-12,14H2,1-5H3,(H,21,23)(H,22,24);3,7-8,11,13-14H,1,4-6H2,2H3;2H,1H3/b13-10+,17-15+;;. The highest BCUT2D eigenvalue weighted by Gasteiger charge is 2.10. The lowest BCUT2D eigenvalue weighted by atomic mass is 9.92. The van der Waals surface area contributed by atoms with Gasteiger partial charge in [0.1, 0.15) is 0 Å². The second-order valence-electron chi connectivity index (χ2n) is 10.1. The summed E-state index contributed by atoms with van der Waals surface area (Å²) in [5, 5.41) is 29.9. The van der Waals surface area contributed by atoms with E-state index >= 15 is 0 Å². The maximum Gasteiger partial charge on any atom is 0.309 e. The van der Waals surface area contributed by atoms with Crippen LogP contribution in [0.1, 0.15) is 96.5 Å². The van der Waals surface area contributed by atoms with Crippen molar-refractivity contribution in [2.45, 2.75) is 98.8 Å². The van der Waals surface area contributed by atoms with Crippen LogP contribution in [0.4, 0.5) is 0 Å². The Morgan fingerprint density at radius 2 is 1.73 bits per heavy atom. The SMILES string of the molecule is C=CCCCn1cc(C)c(C(O)O)c1.CCCCCC/C(C)=C/C(/C=C/CCNC(=O)C(=O)NC)C(C)C.CO. The molecule has 1 aromatic heterocycles. The molecule has 40 heavy (non-hydrogen) atoms. The zero-order chi connectivity index (χ0) is 30.9. The minimum absolute atomic E-state index is 0.422. The van der Waals surface area contributed by atoms with Crippen molar-refractivity contribution in [2.75, 3.05) is 20.7 Å². The van der Waals surface area contributed by atoms with Crippen LogP contribution in [0.2, 0.25) is 0 Å². The zero-order valence-corrected chi connectivity index (χ0v) is 26.1. The number of allylic oxidation sites excluding steroid dienone is 4. The number of unbranched alkanes of at least 4 members (excludes halogenated alkanes) is 4. The molecule has 0 aliphatic carbocycles. The van der Waals surface area contributed by atoms with Gasteiger partial charge in [-0.1, -0.05) is 69.9 Å². The fourth-order valence-corrected chi connectivity index (χ4v) is 3.89. The van der Waals surface area contributed by atoms with Crippen molar-refractivity contribution in [3.63, 3.8) is 0 Å². The topological polar surface area (TPSA) is 124 Å². The van der Waals surface area contributed by atoms with Gasteiger partial charge in [-0.05, 0) is 63.4 Å². The van der Waals surface area contributed by atoms with Crippen molar-refractivity contribution >= 4 is 11.8 Å². The predicted molar refractivity (Wildman–Crippen MR) is 166 cm³/mol. The van der Waals surface area contributed by atoms with E-state index in [0.717, 1.165) is 38.5 Å². The molecule has 1 heterocycles. The molecule has 1 atom stereocenters. The lowest BCUT2D eigenvalue weighted by Gasteiger charge is -2.14. The van der Waals surface area contributed by atoms with Crippen LogP contribution in [0, 0.1) is 18.8 Å². The molecule has 0 aliphatic heterocycles. The summed E-state index contributed by atoms with van der Waals surface area (Å²) in [7, 11) is 2.45. The number of aliphatic hydroxyl groups excluding tert-OH is 2. The van der Waals surface area contributed by atoms with E-state index in [1.165, 1.54) is 44.7 Å². The number of aromatic nitrogens is 1. The van der Waals surface area contributed by atoms with Crippen molar-refractivity contribution in [3.8, 4) is 0 Å². The molecule has 8 heteroatoms. The van der Waals surface area contributed by atoms with Crippen LogP contribution in [0.3, 0.4) is 0 Å². The molecule has 0 aromatic carbocycles. The van der Waals surface area contributed by atoms with Crippen LogP contribution in [0.15, 0.2) is 48.8 Å². The highest BCUT2D eigenvalue weighted by Crippen LogP contribution is 2.19. The molecule has 0 saturated heterocycles. The molecule has 1 unspecified atom stereocenters. The summed E-state index contributed by atoms with van der Waals surface area (Å²) in [6.07, 6.45) is 20.0. The summed E-state index contributed by atoms with van der Waals surface area (Å²) in [5.41, 5.74) is 2.96. The van der Waals surface area contributed by atoms with Crippen molar-refractivity contribution < 1.29 is 24.9 Å². The second-order valence-corrected chi connectivity index (χ2v) is 10.1. The fourth-order valence-electron chi connectivity index (χ4n) is 3.89. The molecule has 1 aromatic rings. The molecular weight excluding hydrogens is 506 g/mol.